The lowest BCUT2D eigenvalue weighted by atomic mass is 10.2. The van der Waals surface area contributed by atoms with E-state index >= 15 is 0 Å². The minimum Gasteiger partial charge on any atom is -0.398 e. The summed E-state index contributed by atoms with van der Waals surface area (Å²) in [6.07, 6.45) is 1.57. The number of benzene rings is 1. The first-order valence-corrected chi connectivity index (χ1v) is 7.14. The zero-order valence-corrected chi connectivity index (χ0v) is 10.5. The maximum absolute atomic E-state index is 13.5. The smallest absolute Gasteiger partial charge is 0.245 e. The molecule has 0 aromatic heterocycles. The average molecular weight is 274 g/mol. The fraction of sp³-hybridized carbons (Fsp3) is 0.455. The number of halogens is 1. The van der Waals surface area contributed by atoms with Crippen molar-refractivity contribution in [2.45, 2.75) is 23.8 Å². The summed E-state index contributed by atoms with van der Waals surface area (Å²) in [7, 11) is -3.94. The number of nitrogens with one attached hydrogen (secondary N) is 1. The van der Waals surface area contributed by atoms with Gasteiger partial charge >= 0.3 is 0 Å². The third-order valence-corrected chi connectivity index (χ3v) is 4.31. The first-order chi connectivity index (χ1) is 8.50. The molecule has 1 fully saturated rings. The van der Waals surface area contributed by atoms with Crippen molar-refractivity contribution in [3.63, 3.8) is 0 Å². The van der Waals surface area contributed by atoms with Gasteiger partial charge in [-0.3, -0.25) is 0 Å². The van der Waals surface area contributed by atoms with Crippen LogP contribution in [0.3, 0.4) is 0 Å². The lowest BCUT2D eigenvalue weighted by molar-refractivity contribution is 0.114. The van der Waals surface area contributed by atoms with E-state index < -0.39 is 20.7 Å². The van der Waals surface area contributed by atoms with Gasteiger partial charge in [0.1, 0.15) is 10.7 Å². The molecule has 0 spiro atoms. The summed E-state index contributed by atoms with van der Waals surface area (Å²) >= 11 is 0. The highest BCUT2D eigenvalue weighted by molar-refractivity contribution is 7.89. The lowest BCUT2D eigenvalue weighted by Gasteiger charge is -2.13. The second-order valence-electron chi connectivity index (χ2n) is 4.15. The Morgan fingerprint density at radius 3 is 2.89 bits per heavy atom. The highest BCUT2D eigenvalue weighted by Gasteiger charge is 2.24. The predicted molar refractivity (Wildman–Crippen MR) is 65.0 cm³/mol. The fourth-order valence-electron chi connectivity index (χ4n) is 1.89. The summed E-state index contributed by atoms with van der Waals surface area (Å²) in [6.45, 7) is 0.768. The van der Waals surface area contributed by atoms with E-state index in [-0.39, 0.29) is 18.3 Å². The Hall–Kier alpha value is -1.18. The molecule has 1 unspecified atom stereocenters. The summed E-state index contributed by atoms with van der Waals surface area (Å²) in [5, 5.41) is 0. The number of anilines is 1. The van der Waals surface area contributed by atoms with Gasteiger partial charge in [0.15, 0.2) is 0 Å². The number of hydrogen-bond donors (Lipinski definition) is 2. The molecule has 1 aliphatic heterocycles. The molecule has 7 heteroatoms. The Bertz CT molecular complexity index is 507. The second-order valence-corrected chi connectivity index (χ2v) is 5.85. The van der Waals surface area contributed by atoms with Gasteiger partial charge < -0.3 is 10.5 Å². The maximum atomic E-state index is 13.5. The first-order valence-electron chi connectivity index (χ1n) is 5.66. The number of ether oxygens (including phenoxy) is 1. The van der Waals surface area contributed by atoms with Crippen LogP contribution in [0.15, 0.2) is 23.1 Å². The van der Waals surface area contributed by atoms with E-state index in [1.165, 1.54) is 12.1 Å². The van der Waals surface area contributed by atoms with Crippen LogP contribution in [0.2, 0.25) is 0 Å². The Morgan fingerprint density at radius 1 is 1.50 bits per heavy atom. The molecular weight excluding hydrogens is 259 g/mol. The van der Waals surface area contributed by atoms with Gasteiger partial charge in [-0.15, -0.1) is 0 Å². The Labute approximate surface area is 105 Å². The van der Waals surface area contributed by atoms with E-state index in [1.807, 2.05) is 0 Å². The maximum Gasteiger partial charge on any atom is 0.245 e. The molecule has 0 aliphatic carbocycles. The zero-order valence-electron chi connectivity index (χ0n) is 9.73. The fourth-order valence-corrected chi connectivity index (χ4v) is 3.14. The largest absolute Gasteiger partial charge is 0.398 e. The van der Waals surface area contributed by atoms with E-state index in [0.717, 1.165) is 18.9 Å². The third kappa shape index (κ3) is 2.80. The normalized spacial score (nSPS) is 20.2. The molecule has 0 bridgehead atoms. The molecule has 0 radical (unpaired) electrons. The summed E-state index contributed by atoms with van der Waals surface area (Å²) in [5.41, 5.74) is 5.40. The standard InChI is InChI=1S/C11H15FN2O3S/c12-9-4-1-5-10(13)11(9)18(15,16)14-7-8-3-2-6-17-8/h1,4-5,8,14H,2-3,6-7,13H2. The van der Waals surface area contributed by atoms with E-state index in [9.17, 15) is 12.8 Å². The van der Waals surface area contributed by atoms with E-state index in [1.54, 1.807) is 0 Å². The molecule has 1 aliphatic rings. The van der Waals surface area contributed by atoms with Crippen LogP contribution in [0, 0.1) is 5.82 Å². The van der Waals surface area contributed by atoms with Crippen molar-refractivity contribution in [2.24, 2.45) is 0 Å². The number of hydrogen-bond acceptors (Lipinski definition) is 4. The minimum absolute atomic E-state index is 0.102. The molecule has 18 heavy (non-hydrogen) atoms. The Balaban J connectivity index is 2.15. The van der Waals surface area contributed by atoms with Crippen molar-refractivity contribution in [1.29, 1.82) is 0 Å². The van der Waals surface area contributed by atoms with Crippen molar-refractivity contribution in [1.82, 2.24) is 4.72 Å². The van der Waals surface area contributed by atoms with Crippen LogP contribution in [0.1, 0.15) is 12.8 Å². The lowest BCUT2D eigenvalue weighted by Crippen LogP contribution is -2.32. The molecule has 0 amide bonds. The van der Waals surface area contributed by atoms with Crippen molar-refractivity contribution in [3.8, 4) is 0 Å². The first kappa shape index (κ1) is 13.3. The predicted octanol–water partition coefficient (Wildman–Crippen LogP) is 0.865. The Kier molecular flexibility index (Phi) is 3.84. The SMILES string of the molecule is Nc1cccc(F)c1S(=O)(=O)NCC1CCCO1. The quantitative estimate of drug-likeness (QED) is 0.798. The van der Waals surface area contributed by atoms with Crippen molar-refractivity contribution in [3.05, 3.63) is 24.0 Å². The van der Waals surface area contributed by atoms with E-state index in [2.05, 4.69) is 4.72 Å². The van der Waals surface area contributed by atoms with Crippen molar-refractivity contribution in [2.75, 3.05) is 18.9 Å². The molecule has 0 saturated carbocycles. The summed E-state index contributed by atoms with van der Waals surface area (Å²) in [5.74, 6) is -0.852. The van der Waals surface area contributed by atoms with Crippen LogP contribution in [0.5, 0.6) is 0 Å². The molecule has 1 atom stereocenters. The van der Waals surface area contributed by atoms with Crippen LogP contribution in [-0.4, -0.2) is 27.7 Å². The Morgan fingerprint density at radius 2 is 2.28 bits per heavy atom. The molecule has 100 valence electrons. The van der Waals surface area contributed by atoms with Gasteiger partial charge in [0, 0.05) is 13.2 Å². The van der Waals surface area contributed by atoms with Crippen molar-refractivity contribution >= 4 is 15.7 Å². The van der Waals surface area contributed by atoms with Crippen LogP contribution in [0.25, 0.3) is 0 Å². The molecule has 1 aromatic carbocycles. The van der Waals surface area contributed by atoms with Gasteiger partial charge in [0.05, 0.1) is 11.8 Å². The monoisotopic (exact) mass is 274 g/mol. The highest BCUT2D eigenvalue weighted by Crippen LogP contribution is 2.21. The van der Waals surface area contributed by atoms with Crippen molar-refractivity contribution < 1.29 is 17.5 Å². The van der Waals surface area contributed by atoms with Gasteiger partial charge in [-0.05, 0) is 25.0 Å². The topological polar surface area (TPSA) is 81.4 Å². The van der Waals surface area contributed by atoms with E-state index in [4.69, 9.17) is 10.5 Å². The number of nitrogens with two attached hydrogens (primary N) is 1. The average Bonchev–Trinajstić information content (AvgIpc) is 2.78. The van der Waals surface area contributed by atoms with Gasteiger partial charge in [-0.25, -0.2) is 17.5 Å². The highest BCUT2D eigenvalue weighted by atomic mass is 32.2. The van der Waals surface area contributed by atoms with Crippen LogP contribution in [-0.2, 0) is 14.8 Å². The molecule has 5 nitrogen and oxygen atoms in total. The molecule has 1 saturated heterocycles. The summed E-state index contributed by atoms with van der Waals surface area (Å²) in [4.78, 5) is -0.497. The van der Waals surface area contributed by atoms with Crippen LogP contribution < -0.4 is 10.5 Å². The second kappa shape index (κ2) is 5.21. The van der Waals surface area contributed by atoms with Gasteiger partial charge in [0.25, 0.3) is 0 Å². The molecular formula is C11H15FN2O3S. The van der Waals surface area contributed by atoms with Gasteiger partial charge in [-0.1, -0.05) is 6.07 Å². The minimum atomic E-state index is -3.94. The molecule has 1 aromatic rings. The molecule has 2 rings (SSSR count). The van der Waals surface area contributed by atoms with Gasteiger partial charge in [-0.2, -0.15) is 0 Å². The van der Waals surface area contributed by atoms with Gasteiger partial charge in [0.2, 0.25) is 10.0 Å². The number of nitrogen functional groups attached to an aromatic ring is 1. The number of sulfonamides is 1. The molecule has 3 N–H and O–H groups in total. The number of rotatable bonds is 4. The zero-order chi connectivity index (χ0) is 13.2. The molecule has 1 heterocycles. The third-order valence-electron chi connectivity index (χ3n) is 2.79. The van der Waals surface area contributed by atoms with Crippen LogP contribution in [0.4, 0.5) is 10.1 Å². The van der Waals surface area contributed by atoms with E-state index in [0.29, 0.717) is 6.61 Å². The summed E-state index contributed by atoms with van der Waals surface area (Å²) in [6, 6.07) is 3.78. The summed E-state index contributed by atoms with van der Waals surface area (Å²) < 4.78 is 45.0. The van der Waals surface area contributed by atoms with Crippen LogP contribution >= 0.6 is 0 Å².